The average molecular weight is 359 g/mol. The lowest BCUT2D eigenvalue weighted by atomic mass is 9.95. The van der Waals surface area contributed by atoms with Crippen LogP contribution in [0.25, 0.3) is 10.9 Å². The van der Waals surface area contributed by atoms with E-state index in [4.69, 9.17) is 4.98 Å². The number of hydrogen-bond donors (Lipinski definition) is 1. The van der Waals surface area contributed by atoms with Crippen molar-refractivity contribution in [3.63, 3.8) is 0 Å². The van der Waals surface area contributed by atoms with E-state index in [9.17, 15) is 4.79 Å². The summed E-state index contributed by atoms with van der Waals surface area (Å²) < 4.78 is 0. The minimum absolute atomic E-state index is 0.0415. The molecule has 4 rings (SSSR count). The molecule has 4 heteroatoms. The van der Waals surface area contributed by atoms with Gasteiger partial charge in [0, 0.05) is 41.8 Å². The van der Waals surface area contributed by atoms with E-state index >= 15 is 0 Å². The molecule has 4 nitrogen and oxygen atoms in total. The van der Waals surface area contributed by atoms with Gasteiger partial charge < -0.3 is 5.32 Å². The Bertz CT molecular complexity index is 1010. The van der Waals surface area contributed by atoms with E-state index in [0.717, 1.165) is 70.6 Å². The van der Waals surface area contributed by atoms with Crippen LogP contribution in [0.3, 0.4) is 0 Å². The minimum Gasteiger partial charge on any atom is -0.321 e. The van der Waals surface area contributed by atoms with Crippen LogP contribution in [0.15, 0.2) is 42.5 Å². The lowest BCUT2D eigenvalue weighted by Gasteiger charge is -2.29. The minimum atomic E-state index is -0.0415. The van der Waals surface area contributed by atoms with Crippen molar-refractivity contribution in [1.29, 1.82) is 0 Å². The summed E-state index contributed by atoms with van der Waals surface area (Å²) in [4.78, 5) is 20.7. The molecule has 0 unspecified atom stereocenters. The number of likely N-dealkylation sites (N-methyl/N-ethyl adjacent to an activating group) is 1. The Kier molecular flexibility index (Phi) is 4.66. The van der Waals surface area contributed by atoms with Crippen molar-refractivity contribution < 1.29 is 4.79 Å². The fourth-order valence-corrected chi connectivity index (χ4v) is 3.96. The van der Waals surface area contributed by atoms with Crippen LogP contribution in [0.4, 0.5) is 5.69 Å². The molecule has 1 aromatic heterocycles. The Morgan fingerprint density at radius 2 is 1.85 bits per heavy atom. The molecule has 2 heterocycles. The van der Waals surface area contributed by atoms with E-state index in [1.54, 1.807) is 0 Å². The molecule has 0 saturated heterocycles. The Hall–Kier alpha value is -2.72. The first kappa shape index (κ1) is 17.7. The SMILES string of the molecule is CCN1CCc2nc3ccccc3c(C(=O)Nc3c(C)cccc3C)c2C1. The number of nitrogens with zero attached hydrogens (tertiary/aromatic N) is 2. The summed E-state index contributed by atoms with van der Waals surface area (Å²) in [5.41, 5.74) is 6.86. The molecule has 0 saturated carbocycles. The number of benzene rings is 2. The molecule has 1 amide bonds. The van der Waals surface area contributed by atoms with Crippen molar-refractivity contribution in [1.82, 2.24) is 9.88 Å². The number of para-hydroxylation sites is 2. The van der Waals surface area contributed by atoms with E-state index in [-0.39, 0.29) is 5.91 Å². The molecule has 0 bridgehead atoms. The van der Waals surface area contributed by atoms with Crippen molar-refractivity contribution in [3.8, 4) is 0 Å². The average Bonchev–Trinajstić information content (AvgIpc) is 2.68. The number of hydrogen-bond acceptors (Lipinski definition) is 3. The first-order valence-corrected chi connectivity index (χ1v) is 9.59. The molecule has 2 aromatic carbocycles. The number of pyridine rings is 1. The molecule has 1 aliphatic rings. The van der Waals surface area contributed by atoms with E-state index in [1.165, 1.54) is 0 Å². The predicted octanol–water partition coefficient (Wildman–Crippen LogP) is 4.48. The number of anilines is 1. The topological polar surface area (TPSA) is 45.2 Å². The van der Waals surface area contributed by atoms with Crippen LogP contribution >= 0.6 is 0 Å². The van der Waals surface area contributed by atoms with Crippen molar-refractivity contribution >= 4 is 22.5 Å². The van der Waals surface area contributed by atoms with Gasteiger partial charge in [-0.05, 0) is 37.6 Å². The standard InChI is InChI=1S/C23H25N3O/c1-4-26-13-12-20-18(14-26)21(17-10-5-6-11-19(17)24-20)23(27)25-22-15(2)8-7-9-16(22)3/h5-11H,4,12-14H2,1-3H3,(H,25,27). The molecular weight excluding hydrogens is 334 g/mol. The number of fused-ring (bicyclic) bond motifs is 2. The first-order chi connectivity index (χ1) is 13.1. The summed E-state index contributed by atoms with van der Waals surface area (Å²) >= 11 is 0. The third kappa shape index (κ3) is 3.21. The molecule has 27 heavy (non-hydrogen) atoms. The van der Waals surface area contributed by atoms with Crippen LogP contribution in [-0.2, 0) is 13.0 Å². The number of aryl methyl sites for hydroxylation is 2. The van der Waals surface area contributed by atoms with Crippen LogP contribution in [0.5, 0.6) is 0 Å². The van der Waals surface area contributed by atoms with Crippen LogP contribution in [0.2, 0.25) is 0 Å². The summed E-state index contributed by atoms with van der Waals surface area (Å²) in [5, 5.41) is 4.11. The van der Waals surface area contributed by atoms with Gasteiger partial charge in [0.2, 0.25) is 0 Å². The summed E-state index contributed by atoms with van der Waals surface area (Å²) in [6, 6.07) is 14.0. The van der Waals surface area contributed by atoms with Gasteiger partial charge >= 0.3 is 0 Å². The summed E-state index contributed by atoms with van der Waals surface area (Å²) in [6.07, 6.45) is 0.887. The van der Waals surface area contributed by atoms with Crippen molar-refractivity contribution in [3.05, 3.63) is 70.4 Å². The summed E-state index contributed by atoms with van der Waals surface area (Å²) in [7, 11) is 0. The van der Waals surface area contributed by atoms with Gasteiger partial charge in [0.15, 0.2) is 0 Å². The highest BCUT2D eigenvalue weighted by Gasteiger charge is 2.25. The Morgan fingerprint density at radius 3 is 2.59 bits per heavy atom. The van der Waals surface area contributed by atoms with Gasteiger partial charge in [0.05, 0.1) is 11.1 Å². The molecule has 0 aliphatic carbocycles. The summed E-state index contributed by atoms with van der Waals surface area (Å²) in [5.74, 6) is -0.0415. The van der Waals surface area contributed by atoms with Gasteiger partial charge in [0.1, 0.15) is 0 Å². The maximum Gasteiger partial charge on any atom is 0.256 e. The van der Waals surface area contributed by atoms with Gasteiger partial charge in [-0.25, -0.2) is 0 Å². The Morgan fingerprint density at radius 1 is 1.11 bits per heavy atom. The highest BCUT2D eigenvalue weighted by molar-refractivity contribution is 6.14. The number of aromatic nitrogens is 1. The maximum atomic E-state index is 13.4. The van der Waals surface area contributed by atoms with Crippen LogP contribution < -0.4 is 5.32 Å². The van der Waals surface area contributed by atoms with E-state index in [1.807, 2.05) is 56.3 Å². The Labute approximate surface area is 160 Å². The number of nitrogens with one attached hydrogen (secondary N) is 1. The quantitative estimate of drug-likeness (QED) is 0.750. The number of amides is 1. The van der Waals surface area contributed by atoms with Crippen LogP contribution in [-0.4, -0.2) is 28.9 Å². The Balaban J connectivity index is 1.85. The third-order valence-electron chi connectivity index (χ3n) is 5.52. The van der Waals surface area contributed by atoms with Gasteiger partial charge in [-0.2, -0.15) is 0 Å². The molecule has 138 valence electrons. The number of rotatable bonds is 3. The van der Waals surface area contributed by atoms with E-state index in [2.05, 4.69) is 17.1 Å². The van der Waals surface area contributed by atoms with E-state index in [0.29, 0.717) is 0 Å². The second kappa shape index (κ2) is 7.12. The zero-order valence-corrected chi connectivity index (χ0v) is 16.2. The van der Waals surface area contributed by atoms with Crippen LogP contribution in [0, 0.1) is 13.8 Å². The molecule has 1 aliphatic heterocycles. The highest BCUT2D eigenvalue weighted by atomic mass is 16.1. The normalized spacial score (nSPS) is 14.2. The third-order valence-corrected chi connectivity index (χ3v) is 5.52. The molecule has 0 atom stereocenters. The van der Waals surface area contributed by atoms with Gasteiger partial charge in [-0.15, -0.1) is 0 Å². The molecule has 1 N–H and O–H groups in total. The zero-order valence-electron chi connectivity index (χ0n) is 16.2. The molecule has 0 spiro atoms. The monoisotopic (exact) mass is 359 g/mol. The largest absolute Gasteiger partial charge is 0.321 e. The lowest BCUT2D eigenvalue weighted by molar-refractivity contribution is 0.102. The molecule has 0 radical (unpaired) electrons. The predicted molar refractivity (Wildman–Crippen MR) is 110 cm³/mol. The van der Waals surface area contributed by atoms with Gasteiger partial charge in [-0.1, -0.05) is 43.3 Å². The molecular formula is C23H25N3O. The molecule has 0 fully saturated rings. The van der Waals surface area contributed by atoms with E-state index < -0.39 is 0 Å². The van der Waals surface area contributed by atoms with Gasteiger partial charge in [0.25, 0.3) is 5.91 Å². The first-order valence-electron chi connectivity index (χ1n) is 9.59. The zero-order chi connectivity index (χ0) is 19.0. The highest BCUT2D eigenvalue weighted by Crippen LogP contribution is 2.29. The number of carbonyl (C=O) groups is 1. The lowest BCUT2D eigenvalue weighted by Crippen LogP contribution is -2.33. The maximum absolute atomic E-state index is 13.4. The second-order valence-electron chi connectivity index (χ2n) is 7.27. The van der Waals surface area contributed by atoms with Crippen LogP contribution in [0.1, 0.15) is 39.7 Å². The van der Waals surface area contributed by atoms with Gasteiger partial charge in [-0.3, -0.25) is 14.7 Å². The fourth-order valence-electron chi connectivity index (χ4n) is 3.96. The fraction of sp³-hybridized carbons (Fsp3) is 0.304. The van der Waals surface area contributed by atoms with Crippen molar-refractivity contribution in [2.24, 2.45) is 0 Å². The molecule has 3 aromatic rings. The second-order valence-corrected chi connectivity index (χ2v) is 7.27. The summed E-state index contributed by atoms with van der Waals surface area (Å²) in [6.45, 7) is 8.97. The smallest absolute Gasteiger partial charge is 0.256 e. The number of carbonyl (C=O) groups excluding carboxylic acids is 1. The van der Waals surface area contributed by atoms with Crippen molar-refractivity contribution in [2.45, 2.75) is 33.7 Å². The van der Waals surface area contributed by atoms with Crippen molar-refractivity contribution in [2.75, 3.05) is 18.4 Å².